The van der Waals surface area contributed by atoms with Crippen molar-refractivity contribution in [1.82, 2.24) is 0 Å². The standard InChI is InChI=1S/C8HF15O2/c9-2(1(24)25,5(13,14)8(21,22)23)4(11,12)3(10,6(15,16)17)7(18,19)20/h(H,24,25)/p-1. The van der Waals surface area contributed by atoms with Crippen LogP contribution in [0.3, 0.4) is 0 Å². The van der Waals surface area contributed by atoms with Gasteiger partial charge in [-0.15, -0.1) is 0 Å². The van der Waals surface area contributed by atoms with E-state index in [1.807, 2.05) is 0 Å². The molecule has 0 aromatic heterocycles. The molecule has 0 heterocycles. The van der Waals surface area contributed by atoms with E-state index in [9.17, 15) is 75.8 Å². The SMILES string of the molecule is O=C([O-])C(F)(C(F)(F)C(F)(F)F)C(F)(F)C(F)(C(F)(F)F)C(F)(F)F. The van der Waals surface area contributed by atoms with Gasteiger partial charge in [0.15, 0.2) is 0 Å². The lowest BCUT2D eigenvalue weighted by molar-refractivity contribution is -0.450. The molecule has 0 saturated carbocycles. The second kappa shape index (κ2) is 5.46. The molecule has 0 bridgehead atoms. The van der Waals surface area contributed by atoms with Crippen molar-refractivity contribution in [2.45, 2.75) is 41.7 Å². The molecule has 0 aliphatic rings. The largest absolute Gasteiger partial charge is 0.546 e. The number of carbonyl (C=O) groups excluding carboxylic acids is 1. The average Bonchev–Trinajstić information content (AvgIpc) is 2.31. The number of hydrogen-bond donors (Lipinski definition) is 0. The van der Waals surface area contributed by atoms with E-state index in [1.54, 1.807) is 0 Å². The monoisotopic (exact) mass is 413 g/mol. The number of carbonyl (C=O) groups is 1. The summed E-state index contributed by atoms with van der Waals surface area (Å²) in [5.74, 6) is -21.8. The van der Waals surface area contributed by atoms with Gasteiger partial charge >= 0.3 is 36.0 Å². The van der Waals surface area contributed by atoms with Gasteiger partial charge in [-0.05, 0) is 0 Å². The maximum absolute atomic E-state index is 13.4. The summed E-state index contributed by atoms with van der Waals surface area (Å²) >= 11 is 0. The van der Waals surface area contributed by atoms with Crippen molar-refractivity contribution in [3.05, 3.63) is 0 Å². The number of carboxylic acids is 1. The van der Waals surface area contributed by atoms with Crippen LogP contribution in [0.25, 0.3) is 0 Å². The van der Waals surface area contributed by atoms with Crippen LogP contribution in [-0.4, -0.2) is 47.7 Å². The molecule has 0 aromatic rings. The molecule has 0 amide bonds. The molecule has 0 N–H and O–H groups in total. The van der Waals surface area contributed by atoms with Crippen LogP contribution in [0, 0.1) is 0 Å². The summed E-state index contributed by atoms with van der Waals surface area (Å²) in [7, 11) is 0. The Morgan fingerprint density at radius 3 is 0.960 bits per heavy atom. The van der Waals surface area contributed by atoms with Crippen LogP contribution in [0.4, 0.5) is 65.9 Å². The minimum atomic E-state index is -8.58. The molecular formula is C8F15O2-. The minimum Gasteiger partial charge on any atom is -0.546 e. The Bertz CT molecular complexity index is 511. The molecule has 0 radical (unpaired) electrons. The first kappa shape index (κ1) is 23.4. The Hall–Kier alpha value is -1.58. The summed E-state index contributed by atoms with van der Waals surface area (Å²) in [4.78, 5) is 10.0. The van der Waals surface area contributed by atoms with Crippen LogP contribution < -0.4 is 5.11 Å². The van der Waals surface area contributed by atoms with Crippen molar-refractivity contribution in [3.8, 4) is 0 Å². The fourth-order valence-electron chi connectivity index (χ4n) is 1.40. The van der Waals surface area contributed by atoms with Crippen LogP contribution in [-0.2, 0) is 4.79 Å². The van der Waals surface area contributed by atoms with Gasteiger partial charge in [0.25, 0.3) is 5.67 Å². The van der Waals surface area contributed by atoms with Gasteiger partial charge in [-0.3, -0.25) is 0 Å². The van der Waals surface area contributed by atoms with Crippen molar-refractivity contribution < 1.29 is 75.8 Å². The smallest absolute Gasteiger partial charge is 0.457 e. The van der Waals surface area contributed by atoms with Gasteiger partial charge < -0.3 is 9.90 Å². The van der Waals surface area contributed by atoms with Gasteiger partial charge in [-0.1, -0.05) is 0 Å². The lowest BCUT2D eigenvalue weighted by atomic mass is 9.79. The maximum atomic E-state index is 13.4. The average molecular weight is 413 g/mol. The first-order valence-corrected chi connectivity index (χ1v) is 4.99. The van der Waals surface area contributed by atoms with Gasteiger partial charge in [0.2, 0.25) is 0 Å². The lowest BCUT2D eigenvalue weighted by Gasteiger charge is -2.46. The van der Waals surface area contributed by atoms with E-state index >= 15 is 0 Å². The third-order valence-electron chi connectivity index (χ3n) is 2.72. The molecule has 0 aliphatic carbocycles. The first-order chi connectivity index (χ1) is 10.4. The van der Waals surface area contributed by atoms with Crippen LogP contribution in [0.5, 0.6) is 0 Å². The van der Waals surface area contributed by atoms with Gasteiger partial charge in [-0.2, -0.15) is 57.1 Å². The zero-order valence-corrected chi connectivity index (χ0v) is 10.5. The number of halogens is 15. The normalized spacial score (nSPS) is 18.0. The predicted octanol–water partition coefficient (Wildman–Crippen LogP) is 3.11. The molecule has 2 nitrogen and oxygen atoms in total. The molecule has 17 heteroatoms. The van der Waals surface area contributed by atoms with E-state index in [2.05, 4.69) is 0 Å². The van der Waals surface area contributed by atoms with Crippen LogP contribution in [0.1, 0.15) is 0 Å². The van der Waals surface area contributed by atoms with Gasteiger partial charge in [-0.25, -0.2) is 8.78 Å². The fourth-order valence-corrected chi connectivity index (χ4v) is 1.40. The van der Waals surface area contributed by atoms with Crippen LogP contribution in [0.2, 0.25) is 0 Å². The highest BCUT2D eigenvalue weighted by molar-refractivity contribution is 5.79. The number of alkyl halides is 15. The summed E-state index contributed by atoms with van der Waals surface area (Å²) in [6, 6.07) is 0. The molecule has 0 saturated heterocycles. The lowest BCUT2D eigenvalue weighted by Crippen LogP contribution is -2.80. The molecule has 0 spiro atoms. The highest BCUT2D eigenvalue weighted by Gasteiger charge is 2.95. The van der Waals surface area contributed by atoms with Gasteiger partial charge in [0.05, 0.1) is 5.97 Å². The van der Waals surface area contributed by atoms with Crippen molar-refractivity contribution in [3.63, 3.8) is 0 Å². The fraction of sp³-hybridized carbons (Fsp3) is 0.875. The molecular weight excluding hydrogens is 413 g/mol. The molecule has 0 aliphatic heterocycles. The molecule has 25 heavy (non-hydrogen) atoms. The minimum absolute atomic E-state index is 5.07. The third-order valence-corrected chi connectivity index (χ3v) is 2.72. The maximum Gasteiger partial charge on any atom is 0.457 e. The van der Waals surface area contributed by atoms with E-state index in [1.165, 1.54) is 0 Å². The Kier molecular flexibility index (Phi) is 5.11. The predicted molar refractivity (Wildman–Crippen MR) is 40.7 cm³/mol. The summed E-state index contributed by atoms with van der Waals surface area (Å²) in [6.07, 6.45) is -23.9. The third kappa shape index (κ3) is 2.74. The van der Waals surface area contributed by atoms with Crippen LogP contribution in [0.15, 0.2) is 0 Å². The Morgan fingerprint density at radius 1 is 0.520 bits per heavy atom. The molecule has 0 rings (SSSR count). The Morgan fingerprint density at radius 2 is 0.800 bits per heavy atom. The number of aliphatic carboxylic acids is 1. The Balaban J connectivity index is 7.13. The van der Waals surface area contributed by atoms with E-state index in [4.69, 9.17) is 0 Å². The second-order valence-corrected chi connectivity index (χ2v) is 4.25. The first-order valence-electron chi connectivity index (χ1n) is 4.99. The van der Waals surface area contributed by atoms with Gasteiger partial charge in [0, 0.05) is 0 Å². The summed E-state index contributed by atoms with van der Waals surface area (Å²) in [6.45, 7) is 0. The molecule has 1 atom stereocenters. The summed E-state index contributed by atoms with van der Waals surface area (Å²) < 4.78 is 187. The highest BCUT2D eigenvalue weighted by atomic mass is 19.4. The van der Waals surface area contributed by atoms with E-state index < -0.39 is 47.7 Å². The summed E-state index contributed by atoms with van der Waals surface area (Å²) in [5.41, 5.74) is -16.6. The number of rotatable bonds is 4. The van der Waals surface area contributed by atoms with Crippen molar-refractivity contribution in [2.75, 3.05) is 0 Å². The van der Waals surface area contributed by atoms with Crippen molar-refractivity contribution in [2.24, 2.45) is 0 Å². The number of hydrogen-bond acceptors (Lipinski definition) is 2. The number of carboxylic acid groups (broad SMARTS) is 1. The van der Waals surface area contributed by atoms with E-state index in [0.29, 0.717) is 0 Å². The molecule has 1 unspecified atom stereocenters. The van der Waals surface area contributed by atoms with Crippen LogP contribution >= 0.6 is 0 Å². The van der Waals surface area contributed by atoms with Crippen molar-refractivity contribution >= 4 is 5.97 Å². The van der Waals surface area contributed by atoms with Gasteiger partial charge in [0.1, 0.15) is 0 Å². The van der Waals surface area contributed by atoms with E-state index in [0.717, 1.165) is 0 Å². The van der Waals surface area contributed by atoms with E-state index in [-0.39, 0.29) is 0 Å². The zero-order valence-electron chi connectivity index (χ0n) is 10.5. The summed E-state index contributed by atoms with van der Waals surface area (Å²) in [5, 5.41) is 10.0. The quantitative estimate of drug-likeness (QED) is 0.665. The Labute approximate surface area is 125 Å². The van der Waals surface area contributed by atoms with Crippen molar-refractivity contribution in [1.29, 1.82) is 0 Å². The highest BCUT2D eigenvalue weighted by Crippen LogP contribution is 2.63. The molecule has 0 fully saturated rings. The topological polar surface area (TPSA) is 40.1 Å². The molecule has 150 valence electrons. The molecule has 0 aromatic carbocycles. The zero-order chi connectivity index (χ0) is 21.1. The second-order valence-electron chi connectivity index (χ2n) is 4.25.